The molecule has 0 aromatic heterocycles. The van der Waals surface area contributed by atoms with Gasteiger partial charge in [-0.1, -0.05) is 42.5 Å². The van der Waals surface area contributed by atoms with Gasteiger partial charge >= 0.3 is 6.09 Å². The third-order valence-electron chi connectivity index (χ3n) is 2.92. The van der Waals surface area contributed by atoms with Gasteiger partial charge in [-0.05, 0) is 12.0 Å². The molecule has 1 aliphatic rings. The number of rotatable bonds is 3. The van der Waals surface area contributed by atoms with Crippen LogP contribution in [0.15, 0.2) is 36.4 Å². The lowest BCUT2D eigenvalue weighted by Gasteiger charge is -2.30. The number of benzene rings is 1. The Balaban J connectivity index is 1.83. The molecule has 1 saturated heterocycles. The molecule has 0 radical (unpaired) electrons. The zero-order chi connectivity index (χ0) is 12.8. The first-order valence-corrected chi connectivity index (χ1v) is 6.07. The summed E-state index contributed by atoms with van der Waals surface area (Å²) in [7, 11) is 0. The minimum absolute atomic E-state index is 0.0326. The lowest BCUT2D eigenvalue weighted by molar-refractivity contribution is -0.0197. The van der Waals surface area contributed by atoms with Crippen molar-refractivity contribution >= 4 is 12.2 Å². The first kappa shape index (κ1) is 12.6. The predicted molar refractivity (Wildman–Crippen MR) is 69.4 cm³/mol. The summed E-state index contributed by atoms with van der Waals surface area (Å²) in [4.78, 5) is 12.3. The van der Waals surface area contributed by atoms with Gasteiger partial charge in [0, 0.05) is 6.54 Å². The average Bonchev–Trinajstić information content (AvgIpc) is 2.40. The summed E-state index contributed by atoms with van der Waals surface area (Å²) in [6, 6.07) is 10.0. The largest absolute Gasteiger partial charge is 0.465 e. The van der Waals surface area contributed by atoms with Gasteiger partial charge in [-0.25, -0.2) is 4.79 Å². The molecule has 0 aliphatic carbocycles. The van der Waals surface area contributed by atoms with E-state index in [1.807, 2.05) is 42.5 Å². The fourth-order valence-corrected chi connectivity index (χ4v) is 1.96. The molecule has 1 aromatic carbocycles. The third kappa shape index (κ3) is 3.60. The Morgan fingerprint density at radius 2 is 2.22 bits per heavy atom. The van der Waals surface area contributed by atoms with Crippen molar-refractivity contribution in [2.45, 2.75) is 12.5 Å². The minimum Gasteiger partial charge on any atom is -0.465 e. The first-order chi connectivity index (χ1) is 8.75. The smallest absolute Gasteiger partial charge is 0.407 e. The molecule has 1 amide bonds. The van der Waals surface area contributed by atoms with Crippen molar-refractivity contribution in [3.63, 3.8) is 0 Å². The molecule has 96 valence electrons. The van der Waals surface area contributed by atoms with E-state index in [-0.39, 0.29) is 6.10 Å². The van der Waals surface area contributed by atoms with E-state index in [0.29, 0.717) is 19.7 Å². The molecule has 1 N–H and O–H groups in total. The monoisotopic (exact) mass is 247 g/mol. The SMILES string of the molecule is O=C(O)N1CCOC(C/C=C/c2ccccc2)C1. The summed E-state index contributed by atoms with van der Waals surface area (Å²) in [5, 5.41) is 8.91. The highest BCUT2D eigenvalue weighted by molar-refractivity contribution is 5.65. The van der Waals surface area contributed by atoms with E-state index in [0.717, 1.165) is 12.0 Å². The fraction of sp³-hybridized carbons (Fsp3) is 0.357. The Bertz CT molecular complexity index is 416. The van der Waals surface area contributed by atoms with E-state index in [1.54, 1.807) is 0 Å². The van der Waals surface area contributed by atoms with Crippen LogP contribution in [0.2, 0.25) is 0 Å². The van der Waals surface area contributed by atoms with Gasteiger partial charge in [-0.2, -0.15) is 0 Å². The molecule has 0 saturated carbocycles. The number of morpholine rings is 1. The van der Waals surface area contributed by atoms with Crippen LogP contribution in [0.25, 0.3) is 6.08 Å². The van der Waals surface area contributed by atoms with Crippen LogP contribution in [0.5, 0.6) is 0 Å². The summed E-state index contributed by atoms with van der Waals surface area (Å²) in [5.41, 5.74) is 1.14. The van der Waals surface area contributed by atoms with Crippen molar-refractivity contribution in [2.75, 3.05) is 19.7 Å². The maximum absolute atomic E-state index is 10.8. The Morgan fingerprint density at radius 1 is 1.44 bits per heavy atom. The minimum atomic E-state index is -0.865. The Hall–Kier alpha value is -1.81. The van der Waals surface area contributed by atoms with Crippen LogP contribution in [0, 0.1) is 0 Å². The van der Waals surface area contributed by atoms with Gasteiger partial charge in [0.05, 0.1) is 19.3 Å². The van der Waals surface area contributed by atoms with Crippen LogP contribution < -0.4 is 0 Å². The predicted octanol–water partition coefficient (Wildman–Crippen LogP) is 2.47. The van der Waals surface area contributed by atoms with Crippen LogP contribution in [-0.2, 0) is 4.74 Å². The van der Waals surface area contributed by atoms with Crippen molar-refractivity contribution in [2.24, 2.45) is 0 Å². The second kappa shape index (κ2) is 6.21. The van der Waals surface area contributed by atoms with E-state index in [9.17, 15) is 4.79 Å². The van der Waals surface area contributed by atoms with Gasteiger partial charge in [0.15, 0.2) is 0 Å². The highest BCUT2D eigenvalue weighted by atomic mass is 16.5. The lowest BCUT2D eigenvalue weighted by atomic mass is 10.1. The molecule has 2 rings (SSSR count). The zero-order valence-electron chi connectivity index (χ0n) is 10.2. The highest BCUT2D eigenvalue weighted by Crippen LogP contribution is 2.11. The molecule has 0 bridgehead atoms. The number of hydrogen-bond donors (Lipinski definition) is 1. The Labute approximate surface area is 106 Å². The Morgan fingerprint density at radius 3 is 2.94 bits per heavy atom. The molecular weight excluding hydrogens is 230 g/mol. The third-order valence-corrected chi connectivity index (χ3v) is 2.92. The molecule has 1 atom stereocenters. The summed E-state index contributed by atoms with van der Waals surface area (Å²) >= 11 is 0. The van der Waals surface area contributed by atoms with Crippen LogP contribution in [-0.4, -0.2) is 41.9 Å². The maximum Gasteiger partial charge on any atom is 0.407 e. The molecule has 1 aliphatic heterocycles. The number of nitrogens with zero attached hydrogens (tertiary/aromatic N) is 1. The van der Waals surface area contributed by atoms with E-state index < -0.39 is 6.09 Å². The fourth-order valence-electron chi connectivity index (χ4n) is 1.96. The van der Waals surface area contributed by atoms with E-state index in [2.05, 4.69) is 0 Å². The van der Waals surface area contributed by atoms with Crippen LogP contribution >= 0.6 is 0 Å². The second-order valence-electron chi connectivity index (χ2n) is 4.27. The van der Waals surface area contributed by atoms with Crippen LogP contribution in [0.3, 0.4) is 0 Å². The highest BCUT2D eigenvalue weighted by Gasteiger charge is 2.22. The summed E-state index contributed by atoms with van der Waals surface area (Å²) in [6.45, 7) is 1.40. The molecule has 1 aromatic rings. The van der Waals surface area contributed by atoms with Gasteiger partial charge in [-0.15, -0.1) is 0 Å². The molecule has 18 heavy (non-hydrogen) atoms. The number of carboxylic acid groups (broad SMARTS) is 1. The summed E-state index contributed by atoms with van der Waals surface area (Å²) < 4.78 is 5.54. The summed E-state index contributed by atoms with van der Waals surface area (Å²) in [6.07, 6.45) is 3.90. The molecule has 1 heterocycles. The molecular formula is C14H17NO3. The quantitative estimate of drug-likeness (QED) is 0.892. The summed E-state index contributed by atoms with van der Waals surface area (Å²) in [5.74, 6) is 0. The van der Waals surface area contributed by atoms with Gasteiger partial charge in [0.2, 0.25) is 0 Å². The topological polar surface area (TPSA) is 49.8 Å². The zero-order valence-corrected chi connectivity index (χ0v) is 10.2. The van der Waals surface area contributed by atoms with Crippen molar-refractivity contribution in [1.82, 2.24) is 4.90 Å². The lowest BCUT2D eigenvalue weighted by Crippen LogP contribution is -2.44. The second-order valence-corrected chi connectivity index (χ2v) is 4.27. The van der Waals surface area contributed by atoms with E-state index in [4.69, 9.17) is 9.84 Å². The van der Waals surface area contributed by atoms with Crippen molar-refractivity contribution < 1.29 is 14.6 Å². The van der Waals surface area contributed by atoms with E-state index >= 15 is 0 Å². The molecule has 1 fully saturated rings. The normalized spacial score (nSPS) is 20.2. The van der Waals surface area contributed by atoms with Crippen LogP contribution in [0.1, 0.15) is 12.0 Å². The number of amides is 1. The average molecular weight is 247 g/mol. The van der Waals surface area contributed by atoms with Crippen LogP contribution in [0.4, 0.5) is 4.79 Å². The number of carbonyl (C=O) groups is 1. The van der Waals surface area contributed by atoms with Gasteiger partial charge in [0.1, 0.15) is 0 Å². The van der Waals surface area contributed by atoms with Crippen molar-refractivity contribution in [3.05, 3.63) is 42.0 Å². The van der Waals surface area contributed by atoms with Gasteiger partial charge in [0.25, 0.3) is 0 Å². The molecule has 1 unspecified atom stereocenters. The van der Waals surface area contributed by atoms with Crippen molar-refractivity contribution in [3.8, 4) is 0 Å². The van der Waals surface area contributed by atoms with E-state index in [1.165, 1.54) is 4.90 Å². The van der Waals surface area contributed by atoms with Crippen molar-refractivity contribution in [1.29, 1.82) is 0 Å². The molecule has 0 spiro atoms. The Kier molecular flexibility index (Phi) is 4.36. The van der Waals surface area contributed by atoms with Gasteiger partial charge in [-0.3, -0.25) is 0 Å². The number of ether oxygens (including phenoxy) is 1. The maximum atomic E-state index is 10.8. The first-order valence-electron chi connectivity index (χ1n) is 6.07. The number of hydrogen-bond acceptors (Lipinski definition) is 2. The molecule has 4 nitrogen and oxygen atoms in total. The van der Waals surface area contributed by atoms with Gasteiger partial charge < -0.3 is 14.7 Å². The molecule has 4 heteroatoms. The standard InChI is InChI=1S/C14H17NO3/c16-14(17)15-9-10-18-13(11-15)8-4-7-12-5-2-1-3-6-12/h1-7,13H,8-11H2,(H,16,17)/b7-4+.